The summed E-state index contributed by atoms with van der Waals surface area (Å²) in [5.41, 5.74) is 2.17. The lowest BCUT2D eigenvalue weighted by Gasteiger charge is -2.18. The topological polar surface area (TPSA) is 61.4 Å². The van der Waals surface area contributed by atoms with E-state index in [9.17, 15) is 9.59 Å². The van der Waals surface area contributed by atoms with Crippen molar-refractivity contribution in [1.29, 1.82) is 0 Å². The second kappa shape index (κ2) is 9.64. The van der Waals surface area contributed by atoms with Crippen molar-refractivity contribution in [2.45, 2.75) is 48.8 Å². The first-order valence-electron chi connectivity index (χ1n) is 9.84. The first-order valence-corrected chi connectivity index (χ1v) is 10.7. The van der Waals surface area contributed by atoms with Crippen molar-refractivity contribution in [3.05, 3.63) is 48.0 Å². The molecular weight excluding hydrogens is 370 g/mol. The third kappa shape index (κ3) is 4.87. The quantitative estimate of drug-likeness (QED) is 0.605. The molecule has 0 radical (unpaired) electrons. The molecule has 6 heteroatoms. The van der Waals surface area contributed by atoms with Crippen LogP contribution >= 0.6 is 11.8 Å². The zero-order valence-corrected chi connectivity index (χ0v) is 17.3. The summed E-state index contributed by atoms with van der Waals surface area (Å²) in [4.78, 5) is 28.5. The van der Waals surface area contributed by atoms with Crippen molar-refractivity contribution in [1.82, 2.24) is 5.32 Å². The van der Waals surface area contributed by atoms with E-state index in [1.165, 1.54) is 19.3 Å². The summed E-state index contributed by atoms with van der Waals surface area (Å²) in [6.45, 7) is 2.86. The Balaban J connectivity index is 1.64. The van der Waals surface area contributed by atoms with Gasteiger partial charge in [-0.2, -0.15) is 0 Å². The fraction of sp³-hybridized carbons (Fsp3) is 0.364. The highest BCUT2D eigenvalue weighted by Gasteiger charge is 2.24. The molecule has 3 amide bonds. The maximum atomic E-state index is 12.8. The van der Waals surface area contributed by atoms with E-state index < -0.39 is 0 Å². The Morgan fingerprint density at radius 3 is 2.64 bits per heavy atom. The highest BCUT2D eigenvalue weighted by Crippen LogP contribution is 2.41. The van der Waals surface area contributed by atoms with Crippen LogP contribution in [0.2, 0.25) is 0 Å². The van der Waals surface area contributed by atoms with E-state index in [0.29, 0.717) is 17.8 Å². The predicted molar refractivity (Wildman–Crippen MR) is 116 cm³/mol. The van der Waals surface area contributed by atoms with E-state index in [1.54, 1.807) is 23.7 Å². The summed E-state index contributed by atoms with van der Waals surface area (Å²) in [7, 11) is 1.77. The van der Waals surface area contributed by atoms with Gasteiger partial charge in [0.05, 0.1) is 11.3 Å². The van der Waals surface area contributed by atoms with E-state index in [1.807, 2.05) is 42.5 Å². The van der Waals surface area contributed by atoms with Gasteiger partial charge in [-0.1, -0.05) is 56.5 Å². The molecule has 2 aromatic carbocycles. The molecule has 0 aliphatic carbocycles. The number of nitrogens with zero attached hydrogens (tertiary/aromatic N) is 1. The summed E-state index contributed by atoms with van der Waals surface area (Å²) in [5, 5.41) is 5.77. The number of amides is 3. The van der Waals surface area contributed by atoms with Crippen LogP contribution in [-0.4, -0.2) is 25.5 Å². The summed E-state index contributed by atoms with van der Waals surface area (Å²) >= 11 is 1.57. The number of anilines is 2. The molecule has 0 aromatic heterocycles. The molecule has 0 spiro atoms. The molecule has 0 atom stereocenters. The van der Waals surface area contributed by atoms with Gasteiger partial charge in [-0.15, -0.1) is 0 Å². The Labute approximate surface area is 170 Å². The number of hydrogen-bond donors (Lipinski definition) is 2. The molecule has 148 valence electrons. The molecule has 0 saturated carbocycles. The van der Waals surface area contributed by atoms with Crippen LogP contribution < -0.4 is 15.5 Å². The Bertz CT molecular complexity index is 853. The molecule has 5 nitrogen and oxygen atoms in total. The van der Waals surface area contributed by atoms with Crippen molar-refractivity contribution in [3.63, 3.8) is 0 Å². The van der Waals surface area contributed by atoms with Gasteiger partial charge >= 0.3 is 6.03 Å². The van der Waals surface area contributed by atoms with Gasteiger partial charge in [0.15, 0.2) is 0 Å². The van der Waals surface area contributed by atoms with E-state index >= 15 is 0 Å². The third-order valence-electron chi connectivity index (χ3n) is 4.79. The molecule has 1 aliphatic heterocycles. The van der Waals surface area contributed by atoms with Crippen LogP contribution in [0.15, 0.2) is 52.3 Å². The minimum Gasteiger partial charge on any atom is -0.338 e. The molecule has 0 unspecified atom stereocenters. The molecule has 0 saturated heterocycles. The highest BCUT2D eigenvalue weighted by molar-refractivity contribution is 7.99. The van der Waals surface area contributed by atoms with Crippen molar-refractivity contribution >= 4 is 35.1 Å². The van der Waals surface area contributed by atoms with Crippen molar-refractivity contribution in [2.75, 3.05) is 23.8 Å². The van der Waals surface area contributed by atoms with E-state index in [4.69, 9.17) is 0 Å². The Kier molecular flexibility index (Phi) is 6.98. The SMILES string of the molecule is CCCCCCCNC(=O)Nc1ccc2c(c1)N(C)C(=O)c1ccccc1S2. The molecule has 2 aromatic rings. The fourth-order valence-electron chi connectivity index (χ4n) is 3.19. The summed E-state index contributed by atoms with van der Waals surface area (Å²) in [6, 6.07) is 13.1. The van der Waals surface area contributed by atoms with Crippen LogP contribution in [0.3, 0.4) is 0 Å². The number of carbonyl (C=O) groups is 2. The number of fused-ring (bicyclic) bond motifs is 2. The van der Waals surface area contributed by atoms with Gasteiger partial charge in [0.1, 0.15) is 0 Å². The molecular formula is C22H27N3O2S. The number of benzene rings is 2. The first-order chi connectivity index (χ1) is 13.6. The summed E-state index contributed by atoms with van der Waals surface area (Å²) < 4.78 is 0. The monoisotopic (exact) mass is 397 g/mol. The van der Waals surface area contributed by atoms with Crippen LogP contribution in [0.1, 0.15) is 49.4 Å². The van der Waals surface area contributed by atoms with E-state index in [2.05, 4.69) is 17.6 Å². The zero-order valence-electron chi connectivity index (χ0n) is 16.5. The van der Waals surface area contributed by atoms with E-state index in [0.717, 1.165) is 28.3 Å². The average molecular weight is 398 g/mol. The number of rotatable bonds is 7. The standard InChI is InChI=1S/C22H27N3O2S/c1-3-4-5-6-9-14-23-22(27)24-16-12-13-20-18(15-16)25(2)21(26)17-10-7-8-11-19(17)28-20/h7-8,10-13,15H,3-6,9,14H2,1-2H3,(H2,23,24,27). The van der Waals surface area contributed by atoms with Crippen LogP contribution in [0.4, 0.5) is 16.2 Å². The van der Waals surface area contributed by atoms with Gasteiger partial charge in [-0.3, -0.25) is 4.79 Å². The minimum atomic E-state index is -0.214. The predicted octanol–water partition coefficient (Wildman–Crippen LogP) is 5.52. The third-order valence-corrected chi connectivity index (χ3v) is 5.93. The lowest BCUT2D eigenvalue weighted by atomic mass is 10.1. The fourth-order valence-corrected chi connectivity index (χ4v) is 4.28. The Hall–Kier alpha value is -2.47. The normalized spacial score (nSPS) is 12.8. The zero-order chi connectivity index (χ0) is 19.9. The van der Waals surface area contributed by atoms with Crippen LogP contribution in [0.5, 0.6) is 0 Å². The summed E-state index contributed by atoms with van der Waals surface area (Å²) in [6.07, 6.45) is 5.80. The van der Waals surface area contributed by atoms with Gasteiger partial charge in [0, 0.05) is 29.1 Å². The van der Waals surface area contributed by atoms with Gasteiger partial charge in [0.25, 0.3) is 5.91 Å². The number of unbranched alkanes of at least 4 members (excludes halogenated alkanes) is 4. The Morgan fingerprint density at radius 2 is 1.82 bits per heavy atom. The molecule has 1 aliphatic rings. The van der Waals surface area contributed by atoms with Crippen molar-refractivity contribution in [2.24, 2.45) is 0 Å². The summed E-state index contributed by atoms with van der Waals surface area (Å²) in [5.74, 6) is -0.0458. The van der Waals surface area contributed by atoms with Crippen LogP contribution in [-0.2, 0) is 0 Å². The van der Waals surface area contributed by atoms with E-state index in [-0.39, 0.29) is 11.9 Å². The Morgan fingerprint density at radius 1 is 1.04 bits per heavy atom. The molecule has 0 fully saturated rings. The average Bonchev–Trinajstić information content (AvgIpc) is 2.80. The number of hydrogen-bond acceptors (Lipinski definition) is 3. The van der Waals surface area contributed by atoms with Gasteiger partial charge in [0.2, 0.25) is 0 Å². The van der Waals surface area contributed by atoms with Crippen molar-refractivity contribution in [3.8, 4) is 0 Å². The first kappa shape index (κ1) is 20.3. The molecule has 28 heavy (non-hydrogen) atoms. The van der Waals surface area contributed by atoms with Crippen LogP contribution in [0, 0.1) is 0 Å². The maximum Gasteiger partial charge on any atom is 0.319 e. The molecule has 2 N–H and O–H groups in total. The van der Waals surface area contributed by atoms with Crippen LogP contribution in [0.25, 0.3) is 0 Å². The number of urea groups is 1. The molecule has 1 heterocycles. The largest absolute Gasteiger partial charge is 0.338 e. The number of carbonyl (C=O) groups excluding carboxylic acids is 2. The smallest absolute Gasteiger partial charge is 0.319 e. The number of nitrogens with one attached hydrogen (secondary N) is 2. The molecule has 3 rings (SSSR count). The van der Waals surface area contributed by atoms with Gasteiger partial charge in [-0.05, 0) is 36.8 Å². The highest BCUT2D eigenvalue weighted by atomic mass is 32.2. The lowest BCUT2D eigenvalue weighted by Crippen LogP contribution is -2.30. The second-order valence-electron chi connectivity index (χ2n) is 6.94. The van der Waals surface area contributed by atoms with Gasteiger partial charge in [-0.25, -0.2) is 4.79 Å². The van der Waals surface area contributed by atoms with Crippen molar-refractivity contribution < 1.29 is 9.59 Å². The lowest BCUT2D eigenvalue weighted by molar-refractivity contribution is 0.0990. The maximum absolute atomic E-state index is 12.8. The molecule has 0 bridgehead atoms. The van der Waals surface area contributed by atoms with Gasteiger partial charge < -0.3 is 15.5 Å². The second-order valence-corrected chi connectivity index (χ2v) is 8.02. The minimum absolute atomic E-state index is 0.0458.